The molecule has 1 rings (SSSR count). The number of nitrogens with zero attached hydrogens (tertiary/aromatic N) is 2. The number of quaternary nitrogens is 1. The molecule has 90 valence electrons. The summed E-state index contributed by atoms with van der Waals surface area (Å²) in [6.45, 7) is 5.30. The summed E-state index contributed by atoms with van der Waals surface area (Å²) in [6.07, 6.45) is 1.06. The number of esters is 1. The van der Waals surface area contributed by atoms with Crippen molar-refractivity contribution in [1.29, 1.82) is 0 Å². The molecular formula is C11H19N2O2S+. The molecule has 0 bridgehead atoms. The molecule has 4 nitrogen and oxygen atoms in total. The lowest BCUT2D eigenvalue weighted by molar-refractivity contribution is 0.0519. The molecule has 0 atom stereocenters. The van der Waals surface area contributed by atoms with E-state index in [0.717, 1.165) is 18.0 Å². The van der Waals surface area contributed by atoms with Crippen molar-refractivity contribution >= 4 is 22.3 Å². The molecule has 1 aromatic rings. The van der Waals surface area contributed by atoms with E-state index in [-0.39, 0.29) is 5.97 Å². The number of rotatable bonds is 5. The first-order valence-corrected chi connectivity index (χ1v) is 6.35. The predicted octanol–water partition coefficient (Wildman–Crippen LogP) is 2.30. The normalized spacial score (nSPS) is 11.5. The molecule has 0 aliphatic carbocycles. The van der Waals surface area contributed by atoms with Gasteiger partial charge in [-0.25, -0.2) is 9.78 Å². The maximum atomic E-state index is 11.7. The van der Waals surface area contributed by atoms with Crippen molar-refractivity contribution < 1.29 is 9.53 Å². The highest BCUT2D eigenvalue weighted by atomic mass is 32.1. The van der Waals surface area contributed by atoms with Crippen LogP contribution in [0.15, 0.2) is 5.51 Å². The zero-order chi connectivity index (χ0) is 12.2. The molecule has 0 N–H and O–H groups in total. The average molecular weight is 243 g/mol. The van der Waals surface area contributed by atoms with E-state index >= 15 is 0 Å². The third kappa shape index (κ3) is 2.80. The van der Waals surface area contributed by atoms with Crippen LogP contribution in [0.2, 0.25) is 0 Å². The van der Waals surface area contributed by atoms with Crippen LogP contribution >= 0.6 is 11.3 Å². The number of ether oxygens (including phenoxy) is 1. The van der Waals surface area contributed by atoms with Crippen molar-refractivity contribution in [2.45, 2.75) is 20.3 Å². The van der Waals surface area contributed by atoms with Gasteiger partial charge in [0.15, 0.2) is 0 Å². The highest BCUT2D eigenvalue weighted by Crippen LogP contribution is 2.29. The highest BCUT2D eigenvalue weighted by molar-refractivity contribution is 7.14. The Kier molecular flexibility index (Phi) is 4.44. The lowest BCUT2D eigenvalue weighted by Gasteiger charge is -2.27. The van der Waals surface area contributed by atoms with Gasteiger partial charge >= 0.3 is 5.97 Å². The molecule has 0 aliphatic rings. The Morgan fingerprint density at radius 2 is 2.19 bits per heavy atom. The first-order valence-electron chi connectivity index (χ1n) is 5.47. The molecule has 0 radical (unpaired) electrons. The fraction of sp³-hybridized carbons (Fsp3) is 0.636. The van der Waals surface area contributed by atoms with Gasteiger partial charge in [0, 0.05) is 0 Å². The van der Waals surface area contributed by atoms with E-state index < -0.39 is 0 Å². The fourth-order valence-corrected chi connectivity index (χ4v) is 2.55. The van der Waals surface area contributed by atoms with Crippen LogP contribution in [0.25, 0.3) is 0 Å². The minimum atomic E-state index is -0.318. The Bertz CT molecular complexity index is 361. The molecule has 0 saturated carbocycles. The summed E-state index contributed by atoms with van der Waals surface area (Å²) in [5.41, 5.74) is 2.17. The van der Waals surface area contributed by atoms with E-state index in [4.69, 9.17) is 4.74 Å². The summed E-state index contributed by atoms with van der Waals surface area (Å²) < 4.78 is 5.67. The Morgan fingerprint density at radius 3 is 2.75 bits per heavy atom. The summed E-state index contributed by atoms with van der Waals surface area (Å²) in [6, 6.07) is 0. The number of carbonyl (C=O) groups excluding carboxylic acids is 1. The zero-order valence-corrected chi connectivity index (χ0v) is 11.1. The molecule has 0 aromatic carbocycles. The molecule has 0 unspecified atom stereocenters. The van der Waals surface area contributed by atoms with Gasteiger partial charge in [0.25, 0.3) is 0 Å². The van der Waals surface area contributed by atoms with E-state index in [1.807, 2.05) is 0 Å². The molecule has 1 heterocycles. The van der Waals surface area contributed by atoms with Gasteiger partial charge in [-0.1, -0.05) is 18.3 Å². The van der Waals surface area contributed by atoms with Crippen LogP contribution in [0, 0.1) is 0 Å². The van der Waals surface area contributed by atoms with Crippen molar-refractivity contribution in [1.82, 2.24) is 9.47 Å². The van der Waals surface area contributed by atoms with Gasteiger partial charge in [0.1, 0.15) is 0 Å². The van der Waals surface area contributed by atoms with Crippen molar-refractivity contribution in [3.63, 3.8) is 0 Å². The van der Waals surface area contributed by atoms with Crippen LogP contribution in [0.1, 0.15) is 30.8 Å². The smallest absolute Gasteiger partial charge is 0.364 e. The second kappa shape index (κ2) is 5.41. The SMILES string of the molecule is CCC[N+](C)(C)c1scnc1C(=O)OCC. The van der Waals surface area contributed by atoms with Crippen LogP contribution in [-0.4, -0.2) is 38.2 Å². The minimum Gasteiger partial charge on any atom is -0.461 e. The molecule has 0 saturated heterocycles. The zero-order valence-electron chi connectivity index (χ0n) is 10.3. The Labute approximate surface area is 100 Å². The second-order valence-corrected chi connectivity index (χ2v) is 4.97. The summed E-state index contributed by atoms with van der Waals surface area (Å²) >= 11 is 1.51. The molecule has 5 heteroatoms. The maximum Gasteiger partial charge on any atom is 0.364 e. The lowest BCUT2D eigenvalue weighted by Crippen LogP contribution is -2.41. The summed E-state index contributed by atoms with van der Waals surface area (Å²) in [5.74, 6) is -0.318. The lowest BCUT2D eigenvalue weighted by atomic mass is 10.3. The van der Waals surface area contributed by atoms with E-state index in [0.29, 0.717) is 16.8 Å². The van der Waals surface area contributed by atoms with Gasteiger partial charge in [-0.15, -0.1) is 0 Å². The summed E-state index contributed by atoms with van der Waals surface area (Å²) in [4.78, 5) is 15.8. The van der Waals surface area contributed by atoms with Gasteiger partial charge in [0.2, 0.25) is 10.7 Å². The van der Waals surface area contributed by atoms with Gasteiger partial charge in [-0.05, 0) is 13.3 Å². The third-order valence-electron chi connectivity index (χ3n) is 2.35. The summed E-state index contributed by atoms with van der Waals surface area (Å²) in [5, 5.41) is 0.973. The van der Waals surface area contributed by atoms with Gasteiger partial charge in [0.05, 0.1) is 32.8 Å². The third-order valence-corrected chi connectivity index (χ3v) is 3.47. The van der Waals surface area contributed by atoms with Crippen LogP contribution in [0.5, 0.6) is 0 Å². The first kappa shape index (κ1) is 13.1. The molecule has 0 amide bonds. The molecule has 16 heavy (non-hydrogen) atoms. The Hall–Kier alpha value is -0.940. The van der Waals surface area contributed by atoms with Gasteiger partial charge in [-0.3, -0.25) is 4.48 Å². The fourth-order valence-electron chi connectivity index (χ4n) is 1.67. The van der Waals surface area contributed by atoms with Crippen molar-refractivity contribution in [3.05, 3.63) is 11.2 Å². The predicted molar refractivity (Wildman–Crippen MR) is 66.9 cm³/mol. The van der Waals surface area contributed by atoms with Gasteiger partial charge < -0.3 is 4.74 Å². The second-order valence-electron chi connectivity index (χ2n) is 4.14. The van der Waals surface area contributed by atoms with Crippen molar-refractivity contribution in [2.24, 2.45) is 0 Å². The highest BCUT2D eigenvalue weighted by Gasteiger charge is 2.29. The van der Waals surface area contributed by atoms with Crippen LogP contribution < -0.4 is 4.48 Å². The van der Waals surface area contributed by atoms with E-state index in [2.05, 4.69) is 26.0 Å². The van der Waals surface area contributed by atoms with E-state index in [9.17, 15) is 4.79 Å². The van der Waals surface area contributed by atoms with Crippen LogP contribution in [-0.2, 0) is 4.74 Å². The monoisotopic (exact) mass is 243 g/mol. The number of carbonyl (C=O) groups is 1. The summed E-state index contributed by atoms with van der Waals surface area (Å²) in [7, 11) is 4.17. The Balaban J connectivity index is 2.97. The molecule has 0 spiro atoms. The van der Waals surface area contributed by atoms with Crippen molar-refractivity contribution in [2.75, 3.05) is 27.2 Å². The van der Waals surface area contributed by atoms with E-state index in [1.54, 1.807) is 12.4 Å². The topological polar surface area (TPSA) is 39.2 Å². The Morgan fingerprint density at radius 1 is 1.50 bits per heavy atom. The number of hydrogen-bond acceptors (Lipinski definition) is 4. The molecule has 1 aromatic heterocycles. The number of aromatic nitrogens is 1. The standard InChI is InChI=1S/C11H19N2O2S/c1-5-7-13(3,4)10-9(12-8-16-10)11(14)15-6-2/h8H,5-7H2,1-4H3/q+1. The number of thiazole rings is 1. The van der Waals surface area contributed by atoms with Crippen molar-refractivity contribution in [3.8, 4) is 0 Å². The number of hydrogen-bond donors (Lipinski definition) is 0. The van der Waals surface area contributed by atoms with E-state index in [1.165, 1.54) is 11.3 Å². The molecule has 0 fully saturated rings. The molecule has 0 aliphatic heterocycles. The minimum absolute atomic E-state index is 0.318. The van der Waals surface area contributed by atoms with Crippen LogP contribution in [0.4, 0.5) is 5.00 Å². The largest absolute Gasteiger partial charge is 0.461 e. The van der Waals surface area contributed by atoms with Crippen LogP contribution in [0.3, 0.4) is 0 Å². The quantitative estimate of drug-likeness (QED) is 0.588. The first-order chi connectivity index (χ1) is 7.53. The molecular weight excluding hydrogens is 224 g/mol. The van der Waals surface area contributed by atoms with Gasteiger partial charge in [-0.2, -0.15) is 0 Å². The maximum absolute atomic E-state index is 11.7. The average Bonchev–Trinajstić information content (AvgIpc) is 2.66.